The van der Waals surface area contributed by atoms with Crippen molar-refractivity contribution in [1.29, 1.82) is 0 Å². The van der Waals surface area contributed by atoms with E-state index in [0.29, 0.717) is 5.41 Å². The summed E-state index contributed by atoms with van der Waals surface area (Å²) in [4.78, 5) is 2.34. The first-order valence-electron chi connectivity index (χ1n) is 6.35. The molecule has 88 valence electrons. The largest absolute Gasteiger partial charge is 0.309 e. The van der Waals surface area contributed by atoms with Crippen LogP contribution in [0.3, 0.4) is 0 Å². The standard InChI is InChI=1S/C15H23N/c1-13-8-7-11-15(13,12-16(2)3)14-9-5-4-6-10-14/h4-6,9-10,13H,7-8,11-12H2,1-3H3. The fourth-order valence-corrected chi connectivity index (χ4v) is 3.34. The van der Waals surface area contributed by atoms with Crippen molar-refractivity contribution < 1.29 is 0 Å². The second kappa shape index (κ2) is 4.58. The molecule has 16 heavy (non-hydrogen) atoms. The summed E-state index contributed by atoms with van der Waals surface area (Å²) in [6.45, 7) is 3.60. The molecule has 2 atom stereocenters. The average molecular weight is 217 g/mol. The topological polar surface area (TPSA) is 3.24 Å². The van der Waals surface area contributed by atoms with Gasteiger partial charge in [0.1, 0.15) is 0 Å². The number of hydrogen-bond acceptors (Lipinski definition) is 1. The Morgan fingerprint density at radius 1 is 1.25 bits per heavy atom. The van der Waals surface area contributed by atoms with Crippen LogP contribution in [0.5, 0.6) is 0 Å². The minimum absolute atomic E-state index is 0.394. The van der Waals surface area contributed by atoms with E-state index < -0.39 is 0 Å². The van der Waals surface area contributed by atoms with E-state index in [1.54, 1.807) is 0 Å². The Morgan fingerprint density at radius 3 is 2.44 bits per heavy atom. The lowest BCUT2D eigenvalue weighted by molar-refractivity contribution is 0.235. The normalized spacial score (nSPS) is 29.9. The van der Waals surface area contributed by atoms with E-state index >= 15 is 0 Å². The van der Waals surface area contributed by atoms with Crippen molar-refractivity contribution in [1.82, 2.24) is 4.90 Å². The lowest BCUT2D eigenvalue weighted by Crippen LogP contribution is -2.39. The molecule has 1 aliphatic rings. The summed E-state index contributed by atoms with van der Waals surface area (Å²) in [5.41, 5.74) is 1.93. The van der Waals surface area contributed by atoms with Crippen LogP contribution in [0.15, 0.2) is 30.3 Å². The summed E-state index contributed by atoms with van der Waals surface area (Å²) in [5.74, 6) is 0.803. The molecule has 2 rings (SSSR count). The van der Waals surface area contributed by atoms with Gasteiger partial charge in [0.05, 0.1) is 0 Å². The van der Waals surface area contributed by atoms with Gasteiger partial charge in [-0.3, -0.25) is 0 Å². The fourth-order valence-electron chi connectivity index (χ4n) is 3.34. The van der Waals surface area contributed by atoms with Crippen LogP contribution in [0, 0.1) is 5.92 Å². The molecule has 0 aromatic heterocycles. The maximum absolute atomic E-state index is 2.42. The van der Waals surface area contributed by atoms with E-state index in [4.69, 9.17) is 0 Å². The summed E-state index contributed by atoms with van der Waals surface area (Å²) in [7, 11) is 4.38. The van der Waals surface area contributed by atoms with Gasteiger partial charge in [0.15, 0.2) is 0 Å². The molecular weight excluding hydrogens is 194 g/mol. The first kappa shape index (κ1) is 11.7. The predicted molar refractivity (Wildman–Crippen MR) is 69.7 cm³/mol. The third-order valence-corrected chi connectivity index (χ3v) is 4.15. The summed E-state index contributed by atoms with van der Waals surface area (Å²) >= 11 is 0. The quantitative estimate of drug-likeness (QED) is 0.751. The molecule has 1 aliphatic carbocycles. The van der Waals surface area contributed by atoms with Crippen molar-refractivity contribution in [2.24, 2.45) is 5.92 Å². The Balaban J connectivity index is 2.35. The smallest absolute Gasteiger partial charge is 0.0106 e. The maximum atomic E-state index is 2.42. The average Bonchev–Trinajstić information content (AvgIpc) is 2.62. The van der Waals surface area contributed by atoms with E-state index in [1.165, 1.54) is 31.4 Å². The first-order chi connectivity index (χ1) is 7.65. The molecule has 0 N–H and O–H groups in total. The van der Waals surface area contributed by atoms with Crippen LogP contribution in [-0.2, 0) is 5.41 Å². The summed E-state index contributed by atoms with van der Waals surface area (Å²) in [6, 6.07) is 11.1. The first-order valence-corrected chi connectivity index (χ1v) is 6.35. The van der Waals surface area contributed by atoms with Crippen molar-refractivity contribution in [2.75, 3.05) is 20.6 Å². The zero-order valence-electron chi connectivity index (χ0n) is 10.7. The molecule has 0 aliphatic heterocycles. The molecule has 0 radical (unpaired) electrons. The fraction of sp³-hybridized carbons (Fsp3) is 0.600. The van der Waals surface area contributed by atoms with Gasteiger partial charge in [0.25, 0.3) is 0 Å². The van der Waals surface area contributed by atoms with Crippen LogP contribution in [0.4, 0.5) is 0 Å². The highest BCUT2D eigenvalue weighted by atomic mass is 15.1. The van der Waals surface area contributed by atoms with Gasteiger partial charge in [-0.1, -0.05) is 43.7 Å². The Bertz CT molecular complexity index is 331. The Hall–Kier alpha value is -0.820. The molecule has 1 saturated carbocycles. The monoisotopic (exact) mass is 217 g/mol. The second-order valence-electron chi connectivity index (χ2n) is 5.55. The van der Waals surface area contributed by atoms with Gasteiger partial charge in [-0.15, -0.1) is 0 Å². The third kappa shape index (κ3) is 2.01. The highest BCUT2D eigenvalue weighted by Crippen LogP contribution is 2.45. The number of rotatable bonds is 3. The minimum Gasteiger partial charge on any atom is -0.309 e. The number of benzene rings is 1. The van der Waals surface area contributed by atoms with Gasteiger partial charge in [0.2, 0.25) is 0 Å². The highest BCUT2D eigenvalue weighted by Gasteiger charge is 2.41. The van der Waals surface area contributed by atoms with Crippen LogP contribution in [0.25, 0.3) is 0 Å². The minimum atomic E-state index is 0.394. The van der Waals surface area contributed by atoms with Crippen molar-refractivity contribution in [3.8, 4) is 0 Å². The van der Waals surface area contributed by atoms with Crippen LogP contribution in [-0.4, -0.2) is 25.5 Å². The summed E-state index contributed by atoms with van der Waals surface area (Å²) < 4.78 is 0. The highest BCUT2D eigenvalue weighted by molar-refractivity contribution is 5.28. The second-order valence-corrected chi connectivity index (χ2v) is 5.55. The van der Waals surface area contributed by atoms with Crippen molar-refractivity contribution in [2.45, 2.75) is 31.6 Å². The molecule has 1 nitrogen and oxygen atoms in total. The number of hydrogen-bond donors (Lipinski definition) is 0. The number of nitrogens with zero attached hydrogens (tertiary/aromatic N) is 1. The predicted octanol–water partition coefficient (Wildman–Crippen LogP) is 3.31. The SMILES string of the molecule is CC1CCCC1(CN(C)C)c1ccccc1. The number of likely N-dealkylation sites (N-methyl/N-ethyl adjacent to an activating group) is 1. The van der Waals surface area contributed by atoms with Crippen LogP contribution in [0.2, 0.25) is 0 Å². The molecule has 1 heteroatoms. The zero-order valence-corrected chi connectivity index (χ0v) is 10.7. The molecule has 1 aromatic rings. The lowest BCUT2D eigenvalue weighted by Gasteiger charge is -2.37. The molecule has 0 heterocycles. The van der Waals surface area contributed by atoms with Gasteiger partial charge in [-0.25, -0.2) is 0 Å². The molecule has 1 aromatic carbocycles. The van der Waals surface area contributed by atoms with Gasteiger partial charge >= 0.3 is 0 Å². The van der Waals surface area contributed by atoms with Crippen molar-refractivity contribution in [3.63, 3.8) is 0 Å². The van der Waals surface area contributed by atoms with Gasteiger partial charge < -0.3 is 4.90 Å². The molecule has 2 unspecified atom stereocenters. The third-order valence-electron chi connectivity index (χ3n) is 4.15. The summed E-state index contributed by atoms with van der Waals surface area (Å²) in [5, 5.41) is 0. The molecule has 0 saturated heterocycles. The molecule has 1 fully saturated rings. The zero-order chi connectivity index (χ0) is 11.6. The van der Waals surface area contributed by atoms with Gasteiger partial charge in [0, 0.05) is 12.0 Å². The molecule has 0 spiro atoms. The van der Waals surface area contributed by atoms with Crippen LogP contribution >= 0.6 is 0 Å². The van der Waals surface area contributed by atoms with Crippen molar-refractivity contribution in [3.05, 3.63) is 35.9 Å². The Labute approximate surface area is 99.5 Å². The molecule has 0 amide bonds. The van der Waals surface area contributed by atoms with Crippen LogP contribution in [0.1, 0.15) is 31.7 Å². The van der Waals surface area contributed by atoms with E-state index in [-0.39, 0.29) is 0 Å². The molecular formula is C15H23N. The van der Waals surface area contributed by atoms with Gasteiger partial charge in [-0.05, 0) is 38.4 Å². The van der Waals surface area contributed by atoms with Gasteiger partial charge in [-0.2, -0.15) is 0 Å². The van der Waals surface area contributed by atoms with E-state index in [9.17, 15) is 0 Å². The van der Waals surface area contributed by atoms with E-state index in [2.05, 4.69) is 56.3 Å². The van der Waals surface area contributed by atoms with Crippen LogP contribution < -0.4 is 0 Å². The lowest BCUT2D eigenvalue weighted by atomic mass is 9.72. The Morgan fingerprint density at radius 2 is 1.94 bits per heavy atom. The Kier molecular flexibility index (Phi) is 3.34. The summed E-state index contributed by atoms with van der Waals surface area (Å²) in [6.07, 6.45) is 4.10. The molecule has 0 bridgehead atoms. The maximum Gasteiger partial charge on any atom is 0.0106 e. The van der Waals surface area contributed by atoms with E-state index in [0.717, 1.165) is 5.92 Å². The van der Waals surface area contributed by atoms with Crippen molar-refractivity contribution >= 4 is 0 Å². The van der Waals surface area contributed by atoms with E-state index in [1.807, 2.05) is 0 Å².